The van der Waals surface area contributed by atoms with Crippen molar-refractivity contribution in [1.82, 2.24) is 9.97 Å². The van der Waals surface area contributed by atoms with Gasteiger partial charge < -0.3 is 5.32 Å². The van der Waals surface area contributed by atoms with Gasteiger partial charge in [-0.1, -0.05) is 54.6 Å². The molecule has 1 aliphatic carbocycles. The van der Waals surface area contributed by atoms with Gasteiger partial charge >= 0.3 is 0 Å². The SMILES string of the molecule is O=C1c2ccccc2C(=O)c2cc(Nc3ncnc4sc(-c5ccccc5)cc34)ccc21. The zero-order valence-corrected chi connectivity index (χ0v) is 17.5. The molecule has 1 aliphatic rings. The van der Waals surface area contributed by atoms with Crippen molar-refractivity contribution in [2.45, 2.75) is 0 Å². The van der Waals surface area contributed by atoms with Gasteiger partial charge in [-0.05, 0) is 29.8 Å². The van der Waals surface area contributed by atoms with Crippen LogP contribution in [0, 0.1) is 0 Å². The first-order chi connectivity index (χ1) is 15.7. The molecule has 2 aromatic heterocycles. The van der Waals surface area contributed by atoms with Crippen molar-refractivity contribution in [3.05, 3.63) is 107 Å². The molecule has 32 heavy (non-hydrogen) atoms. The average molecular weight is 433 g/mol. The van der Waals surface area contributed by atoms with Crippen molar-refractivity contribution in [2.75, 3.05) is 5.32 Å². The molecule has 5 nitrogen and oxygen atoms in total. The Morgan fingerprint density at radius 1 is 0.688 bits per heavy atom. The number of fused-ring (bicyclic) bond motifs is 3. The first-order valence-corrected chi connectivity index (χ1v) is 10.9. The summed E-state index contributed by atoms with van der Waals surface area (Å²) in [6.07, 6.45) is 1.53. The van der Waals surface area contributed by atoms with E-state index in [0.717, 1.165) is 20.7 Å². The van der Waals surface area contributed by atoms with Gasteiger partial charge in [0.15, 0.2) is 11.6 Å². The van der Waals surface area contributed by atoms with E-state index in [0.29, 0.717) is 33.8 Å². The highest BCUT2D eigenvalue weighted by molar-refractivity contribution is 7.21. The van der Waals surface area contributed by atoms with E-state index < -0.39 is 0 Å². The standard InChI is InChI=1S/C26H15N3O2S/c30-23-17-8-4-5-9-18(17)24(31)20-12-16(10-11-19(20)23)29-25-21-13-22(15-6-2-1-3-7-15)32-26(21)28-14-27-25/h1-14H,(H,27,28,29). The number of carbonyl (C=O) groups is 2. The van der Waals surface area contributed by atoms with Crippen LogP contribution in [0.25, 0.3) is 20.7 Å². The molecule has 152 valence electrons. The lowest BCUT2D eigenvalue weighted by molar-refractivity contribution is 0.0979. The molecular weight excluding hydrogens is 418 g/mol. The summed E-state index contributed by atoms with van der Waals surface area (Å²) in [5.74, 6) is 0.383. The van der Waals surface area contributed by atoms with Gasteiger partial charge in [0.25, 0.3) is 0 Å². The number of hydrogen-bond donors (Lipinski definition) is 1. The van der Waals surface area contributed by atoms with Crippen LogP contribution in [0.1, 0.15) is 31.8 Å². The number of nitrogens with one attached hydrogen (secondary N) is 1. The van der Waals surface area contributed by atoms with Gasteiger partial charge in [0.1, 0.15) is 17.0 Å². The van der Waals surface area contributed by atoms with E-state index in [1.54, 1.807) is 53.8 Å². The molecule has 6 rings (SSSR count). The highest BCUT2D eigenvalue weighted by Gasteiger charge is 2.29. The lowest BCUT2D eigenvalue weighted by atomic mass is 9.84. The Kier molecular flexibility index (Phi) is 4.19. The Balaban J connectivity index is 1.39. The van der Waals surface area contributed by atoms with Gasteiger partial charge in [0, 0.05) is 32.8 Å². The maximum absolute atomic E-state index is 13.0. The minimum absolute atomic E-state index is 0.128. The minimum Gasteiger partial charge on any atom is -0.340 e. The van der Waals surface area contributed by atoms with Crippen LogP contribution in [0.2, 0.25) is 0 Å². The predicted molar refractivity (Wildman–Crippen MR) is 126 cm³/mol. The van der Waals surface area contributed by atoms with Gasteiger partial charge in [-0.25, -0.2) is 9.97 Å². The predicted octanol–water partition coefficient (Wildman–Crippen LogP) is 5.88. The molecule has 5 aromatic rings. The first kappa shape index (κ1) is 18.6. The van der Waals surface area contributed by atoms with Crippen molar-refractivity contribution >= 4 is 44.6 Å². The van der Waals surface area contributed by atoms with Crippen LogP contribution in [0.4, 0.5) is 11.5 Å². The number of ketones is 2. The molecule has 6 heteroatoms. The van der Waals surface area contributed by atoms with Crippen LogP contribution < -0.4 is 5.32 Å². The van der Waals surface area contributed by atoms with E-state index in [1.807, 2.05) is 18.2 Å². The van der Waals surface area contributed by atoms with Gasteiger partial charge in [-0.2, -0.15) is 0 Å². The molecule has 0 aliphatic heterocycles. The molecule has 1 N–H and O–H groups in total. The third-order valence-electron chi connectivity index (χ3n) is 5.58. The molecule has 0 saturated heterocycles. The van der Waals surface area contributed by atoms with E-state index in [1.165, 1.54) is 6.33 Å². The highest BCUT2D eigenvalue weighted by atomic mass is 32.1. The van der Waals surface area contributed by atoms with E-state index in [-0.39, 0.29) is 11.6 Å². The third kappa shape index (κ3) is 2.92. The number of thiophene rings is 1. The first-order valence-electron chi connectivity index (χ1n) is 10.1. The van der Waals surface area contributed by atoms with Crippen LogP contribution >= 0.6 is 11.3 Å². The number of benzene rings is 3. The van der Waals surface area contributed by atoms with Crippen LogP contribution in [-0.2, 0) is 0 Å². The molecule has 0 unspecified atom stereocenters. The lowest BCUT2D eigenvalue weighted by Crippen LogP contribution is -2.20. The second-order valence-corrected chi connectivity index (χ2v) is 8.54. The third-order valence-corrected chi connectivity index (χ3v) is 6.67. The summed E-state index contributed by atoms with van der Waals surface area (Å²) in [5.41, 5.74) is 3.54. The van der Waals surface area contributed by atoms with Crippen LogP contribution in [0.5, 0.6) is 0 Å². The molecule has 3 aromatic carbocycles. The highest BCUT2D eigenvalue weighted by Crippen LogP contribution is 2.36. The molecule has 0 bridgehead atoms. The lowest BCUT2D eigenvalue weighted by Gasteiger charge is -2.18. The Labute approximate surface area is 187 Å². The average Bonchev–Trinajstić information content (AvgIpc) is 3.29. The quantitative estimate of drug-likeness (QED) is 0.377. The van der Waals surface area contributed by atoms with E-state index in [4.69, 9.17) is 0 Å². The number of anilines is 2. The molecule has 0 spiro atoms. The normalized spacial score (nSPS) is 12.5. The van der Waals surface area contributed by atoms with E-state index >= 15 is 0 Å². The second-order valence-electron chi connectivity index (χ2n) is 7.51. The topological polar surface area (TPSA) is 72.0 Å². The van der Waals surface area contributed by atoms with E-state index in [9.17, 15) is 9.59 Å². The fourth-order valence-electron chi connectivity index (χ4n) is 4.01. The maximum atomic E-state index is 13.0. The Morgan fingerprint density at radius 3 is 2.16 bits per heavy atom. The molecule has 0 fully saturated rings. The number of rotatable bonds is 3. The van der Waals surface area contributed by atoms with Gasteiger partial charge in [-0.3, -0.25) is 9.59 Å². The molecule has 0 amide bonds. The molecule has 0 atom stereocenters. The largest absolute Gasteiger partial charge is 0.340 e. The van der Waals surface area contributed by atoms with Crippen LogP contribution in [0.15, 0.2) is 85.2 Å². The summed E-state index contributed by atoms with van der Waals surface area (Å²) in [4.78, 5) is 36.7. The molecule has 2 heterocycles. The Bertz CT molecular complexity index is 1540. The number of nitrogens with zero attached hydrogens (tertiary/aromatic N) is 2. The number of carbonyl (C=O) groups excluding carboxylic acids is 2. The van der Waals surface area contributed by atoms with Crippen molar-refractivity contribution in [2.24, 2.45) is 0 Å². The zero-order valence-electron chi connectivity index (χ0n) is 16.7. The summed E-state index contributed by atoms with van der Waals surface area (Å²) in [5, 5.41) is 4.22. The van der Waals surface area contributed by atoms with Crippen LogP contribution in [-0.4, -0.2) is 21.5 Å². The Hall–Kier alpha value is -4.16. The van der Waals surface area contributed by atoms with E-state index in [2.05, 4.69) is 33.5 Å². The fourth-order valence-corrected chi connectivity index (χ4v) is 5.02. The van der Waals surface area contributed by atoms with Gasteiger partial charge in [0.05, 0.1) is 5.39 Å². The van der Waals surface area contributed by atoms with Crippen LogP contribution in [0.3, 0.4) is 0 Å². The summed E-state index contributed by atoms with van der Waals surface area (Å²) in [7, 11) is 0. The smallest absolute Gasteiger partial charge is 0.194 e. The van der Waals surface area contributed by atoms with Crippen molar-refractivity contribution in [1.29, 1.82) is 0 Å². The number of aromatic nitrogens is 2. The Morgan fingerprint density at radius 2 is 1.38 bits per heavy atom. The molecular formula is C26H15N3O2S. The second kappa shape index (κ2) is 7.21. The fraction of sp³-hybridized carbons (Fsp3) is 0. The summed E-state index contributed by atoms with van der Waals surface area (Å²) >= 11 is 1.60. The number of hydrogen-bond acceptors (Lipinski definition) is 6. The molecule has 0 saturated carbocycles. The summed E-state index contributed by atoms with van der Waals surface area (Å²) in [6.45, 7) is 0. The van der Waals surface area contributed by atoms with Crippen molar-refractivity contribution in [3.63, 3.8) is 0 Å². The van der Waals surface area contributed by atoms with Crippen molar-refractivity contribution < 1.29 is 9.59 Å². The maximum Gasteiger partial charge on any atom is 0.194 e. The summed E-state index contributed by atoms with van der Waals surface area (Å²) in [6, 6.07) is 24.4. The van der Waals surface area contributed by atoms with Gasteiger partial charge in [0.2, 0.25) is 0 Å². The van der Waals surface area contributed by atoms with Crippen molar-refractivity contribution in [3.8, 4) is 10.4 Å². The zero-order chi connectivity index (χ0) is 21.7. The minimum atomic E-state index is -0.145. The molecule has 0 radical (unpaired) electrons. The monoisotopic (exact) mass is 433 g/mol. The summed E-state index contributed by atoms with van der Waals surface area (Å²) < 4.78 is 0. The van der Waals surface area contributed by atoms with Gasteiger partial charge in [-0.15, -0.1) is 11.3 Å².